The number of benzene rings is 3. The van der Waals surface area contributed by atoms with E-state index in [2.05, 4.69) is 51.2 Å². The summed E-state index contributed by atoms with van der Waals surface area (Å²) >= 11 is 5.83. The predicted molar refractivity (Wildman–Crippen MR) is 146 cm³/mol. The van der Waals surface area contributed by atoms with Crippen LogP contribution in [0, 0.1) is 0 Å². The molecule has 2 aliphatic heterocycles. The Bertz CT molecular complexity index is 1440. The van der Waals surface area contributed by atoms with Crippen molar-refractivity contribution < 1.29 is 18.9 Å². The molecule has 0 aliphatic carbocycles. The van der Waals surface area contributed by atoms with Crippen molar-refractivity contribution in [3.63, 3.8) is 0 Å². The zero-order valence-electron chi connectivity index (χ0n) is 20.5. The molecule has 3 heterocycles. The van der Waals surface area contributed by atoms with E-state index in [9.17, 15) is 0 Å². The van der Waals surface area contributed by atoms with Gasteiger partial charge < -0.3 is 33.7 Å². The Morgan fingerprint density at radius 3 is 2.50 bits per heavy atom. The van der Waals surface area contributed by atoms with Gasteiger partial charge >= 0.3 is 0 Å². The number of aryl methyl sites for hydroxylation is 1. The monoisotopic (exact) mass is 503 g/mol. The summed E-state index contributed by atoms with van der Waals surface area (Å²) in [5.41, 5.74) is 4.60. The Morgan fingerprint density at radius 1 is 0.917 bits per heavy atom. The zero-order chi connectivity index (χ0) is 24.6. The number of rotatable bonds is 6. The number of hydrogen-bond acceptors (Lipinski definition) is 6. The molecule has 1 fully saturated rings. The van der Waals surface area contributed by atoms with E-state index < -0.39 is 0 Å². The van der Waals surface area contributed by atoms with Crippen LogP contribution in [0.15, 0.2) is 48.5 Å². The molecule has 7 nitrogen and oxygen atoms in total. The van der Waals surface area contributed by atoms with E-state index in [0.717, 1.165) is 83.4 Å². The van der Waals surface area contributed by atoms with Gasteiger partial charge in [0.15, 0.2) is 23.0 Å². The lowest BCUT2D eigenvalue weighted by Crippen LogP contribution is -2.48. The molecule has 6 rings (SSSR count). The number of anilines is 1. The average molecular weight is 504 g/mol. The zero-order valence-corrected chi connectivity index (χ0v) is 21.3. The Hall–Kier alpha value is -3.65. The molecular formula is C28H29N3O4S. The molecule has 3 aromatic carbocycles. The van der Waals surface area contributed by atoms with Crippen molar-refractivity contribution in [2.45, 2.75) is 12.8 Å². The molecule has 8 heteroatoms. The van der Waals surface area contributed by atoms with Crippen molar-refractivity contribution in [3.8, 4) is 23.0 Å². The van der Waals surface area contributed by atoms with E-state index in [1.54, 1.807) is 14.2 Å². The van der Waals surface area contributed by atoms with Gasteiger partial charge in [0.05, 0.1) is 24.7 Å². The van der Waals surface area contributed by atoms with Gasteiger partial charge in [-0.2, -0.15) is 0 Å². The molecular weight excluding hydrogens is 474 g/mol. The molecule has 2 aliphatic rings. The molecule has 0 saturated carbocycles. The third-order valence-electron chi connectivity index (χ3n) is 7.14. The van der Waals surface area contributed by atoms with Gasteiger partial charge in [0.1, 0.15) is 0 Å². The maximum absolute atomic E-state index is 5.83. The van der Waals surface area contributed by atoms with Crippen molar-refractivity contribution in [1.29, 1.82) is 0 Å². The standard InChI is InChI=1S/C28H29N3O4S/c1-32-24-15-19-21(16-25(24)33-2)29-20-4-3-5-22(28(19)20)30-10-12-31(13-11-30)27(36)9-7-18-6-8-23-26(14-18)35-17-34-23/h3-6,8,14-16,29H,7,9-13,17H2,1-2H3. The first-order valence-corrected chi connectivity index (χ1v) is 12.6. The minimum Gasteiger partial charge on any atom is -0.493 e. The number of ether oxygens (including phenoxy) is 4. The number of nitrogens with one attached hydrogen (secondary N) is 1. The number of methoxy groups -OCH3 is 2. The lowest BCUT2D eigenvalue weighted by Gasteiger charge is -2.38. The lowest BCUT2D eigenvalue weighted by molar-refractivity contribution is 0.174. The summed E-state index contributed by atoms with van der Waals surface area (Å²) in [7, 11) is 3.34. The topological polar surface area (TPSA) is 59.2 Å². The maximum Gasteiger partial charge on any atom is 0.231 e. The van der Waals surface area contributed by atoms with E-state index in [0.29, 0.717) is 6.79 Å². The van der Waals surface area contributed by atoms with Crippen LogP contribution in [0.1, 0.15) is 12.0 Å². The van der Waals surface area contributed by atoms with Gasteiger partial charge in [-0.1, -0.05) is 24.4 Å². The third kappa shape index (κ3) is 4.05. The van der Waals surface area contributed by atoms with Crippen LogP contribution >= 0.6 is 12.2 Å². The highest BCUT2D eigenvalue weighted by Crippen LogP contribution is 2.40. The molecule has 0 amide bonds. The number of fused-ring (bicyclic) bond motifs is 4. The first-order chi connectivity index (χ1) is 17.6. The van der Waals surface area contributed by atoms with E-state index >= 15 is 0 Å². The second-order valence-corrected chi connectivity index (χ2v) is 9.60. The molecule has 1 saturated heterocycles. The second-order valence-electron chi connectivity index (χ2n) is 9.13. The van der Waals surface area contributed by atoms with E-state index in [1.165, 1.54) is 16.6 Å². The van der Waals surface area contributed by atoms with Crippen LogP contribution in [0.5, 0.6) is 23.0 Å². The number of H-pyrrole nitrogens is 1. The fourth-order valence-corrected chi connectivity index (χ4v) is 5.51. The number of piperazine rings is 1. The van der Waals surface area contributed by atoms with Crippen LogP contribution < -0.4 is 23.8 Å². The smallest absolute Gasteiger partial charge is 0.231 e. The van der Waals surface area contributed by atoms with Gasteiger partial charge in [0.2, 0.25) is 6.79 Å². The SMILES string of the molecule is COc1cc2[nH]c3cccc(N4CCN(C(=S)CCc5ccc6c(c5)OCO6)CC4)c3c2cc1OC. The van der Waals surface area contributed by atoms with Crippen molar-refractivity contribution in [2.24, 2.45) is 0 Å². The normalized spacial score (nSPS) is 15.1. The maximum atomic E-state index is 5.83. The minimum atomic E-state index is 0.301. The molecule has 0 radical (unpaired) electrons. The highest BCUT2D eigenvalue weighted by Gasteiger charge is 2.22. The molecule has 0 atom stereocenters. The van der Waals surface area contributed by atoms with Gasteiger partial charge in [-0.3, -0.25) is 0 Å². The summed E-state index contributed by atoms with van der Waals surface area (Å²) in [6.45, 7) is 3.97. The molecule has 36 heavy (non-hydrogen) atoms. The first kappa shape index (κ1) is 22.8. The predicted octanol–water partition coefficient (Wildman–Crippen LogP) is 5.15. The number of hydrogen-bond donors (Lipinski definition) is 1. The summed E-state index contributed by atoms with van der Waals surface area (Å²) in [4.78, 5) is 9.38. The summed E-state index contributed by atoms with van der Waals surface area (Å²) in [6, 6.07) is 16.7. The average Bonchev–Trinajstić information content (AvgIpc) is 3.54. The highest BCUT2D eigenvalue weighted by atomic mass is 32.1. The summed E-state index contributed by atoms with van der Waals surface area (Å²) in [5, 5.41) is 2.35. The molecule has 1 N–H and O–H groups in total. The van der Waals surface area contributed by atoms with Crippen LogP contribution in [-0.2, 0) is 6.42 Å². The lowest BCUT2D eigenvalue weighted by atomic mass is 10.1. The molecule has 0 spiro atoms. The van der Waals surface area contributed by atoms with Crippen molar-refractivity contribution in [1.82, 2.24) is 9.88 Å². The van der Waals surface area contributed by atoms with Crippen molar-refractivity contribution in [2.75, 3.05) is 52.1 Å². The van der Waals surface area contributed by atoms with E-state index in [1.807, 2.05) is 12.1 Å². The fourth-order valence-electron chi connectivity index (χ4n) is 5.23. The second kappa shape index (κ2) is 9.43. The summed E-state index contributed by atoms with van der Waals surface area (Å²) in [6.07, 6.45) is 1.75. The fraction of sp³-hybridized carbons (Fsp3) is 0.321. The highest BCUT2D eigenvalue weighted by molar-refractivity contribution is 7.80. The number of thiocarbonyl (C=S) groups is 1. The van der Waals surface area contributed by atoms with E-state index in [-0.39, 0.29) is 0 Å². The Labute approximate surface area is 215 Å². The largest absolute Gasteiger partial charge is 0.493 e. The quantitative estimate of drug-likeness (QED) is 0.365. The van der Waals surface area contributed by atoms with Crippen LogP contribution in [0.3, 0.4) is 0 Å². The molecule has 0 bridgehead atoms. The number of nitrogens with zero attached hydrogens (tertiary/aromatic N) is 2. The Kier molecular flexibility index (Phi) is 5.97. The summed E-state index contributed by atoms with van der Waals surface area (Å²) in [5.74, 6) is 3.11. The molecule has 4 aromatic rings. The van der Waals surface area contributed by atoms with Crippen LogP contribution in [0.25, 0.3) is 21.8 Å². The van der Waals surface area contributed by atoms with Crippen LogP contribution in [0.4, 0.5) is 5.69 Å². The Morgan fingerprint density at radius 2 is 1.69 bits per heavy atom. The van der Waals surface area contributed by atoms with Gasteiger partial charge in [0.25, 0.3) is 0 Å². The van der Waals surface area contributed by atoms with Gasteiger partial charge in [-0.25, -0.2) is 0 Å². The molecule has 0 unspecified atom stereocenters. The van der Waals surface area contributed by atoms with Gasteiger partial charge in [0, 0.05) is 60.6 Å². The number of aromatic nitrogens is 1. The van der Waals surface area contributed by atoms with Crippen LogP contribution in [0.2, 0.25) is 0 Å². The molecule has 1 aromatic heterocycles. The van der Waals surface area contributed by atoms with Gasteiger partial charge in [-0.05, 0) is 42.3 Å². The minimum absolute atomic E-state index is 0.301. The third-order valence-corrected chi connectivity index (χ3v) is 7.60. The number of aromatic amines is 1. The van der Waals surface area contributed by atoms with Crippen molar-refractivity contribution in [3.05, 3.63) is 54.1 Å². The molecule has 186 valence electrons. The first-order valence-electron chi connectivity index (χ1n) is 12.2. The summed E-state index contributed by atoms with van der Waals surface area (Å²) < 4.78 is 22.0. The van der Waals surface area contributed by atoms with Gasteiger partial charge in [-0.15, -0.1) is 0 Å². The van der Waals surface area contributed by atoms with E-state index in [4.69, 9.17) is 31.2 Å². The van der Waals surface area contributed by atoms with Crippen molar-refractivity contribution >= 4 is 44.7 Å². The van der Waals surface area contributed by atoms with Crippen LogP contribution in [-0.4, -0.2) is 62.1 Å². The Balaban J connectivity index is 1.16.